The van der Waals surface area contributed by atoms with Crippen LogP contribution in [-0.2, 0) is 4.79 Å². The second-order valence-corrected chi connectivity index (χ2v) is 5.92. The van der Waals surface area contributed by atoms with Gasteiger partial charge in [-0.05, 0) is 42.5 Å². The van der Waals surface area contributed by atoms with Gasteiger partial charge in [-0.2, -0.15) is 0 Å². The molecule has 0 saturated heterocycles. The summed E-state index contributed by atoms with van der Waals surface area (Å²) in [6, 6.07) is 5.68. The van der Waals surface area contributed by atoms with E-state index in [0.29, 0.717) is 24.8 Å². The fourth-order valence-corrected chi connectivity index (χ4v) is 1.93. The van der Waals surface area contributed by atoms with Gasteiger partial charge < -0.3 is 14.8 Å². The highest BCUT2D eigenvalue weighted by Gasteiger charge is 2.05. The largest absolute Gasteiger partial charge is 0.493 e. The van der Waals surface area contributed by atoms with Gasteiger partial charge in [0.05, 0.1) is 13.7 Å². The van der Waals surface area contributed by atoms with E-state index in [-0.39, 0.29) is 5.91 Å². The molecule has 128 valence electrons. The fourth-order valence-electron chi connectivity index (χ4n) is 1.93. The minimum atomic E-state index is -0.0744. The number of rotatable bonds is 10. The van der Waals surface area contributed by atoms with Crippen LogP contribution in [0.25, 0.3) is 6.08 Å². The summed E-state index contributed by atoms with van der Waals surface area (Å²) in [5.41, 5.74) is 0.906. The predicted molar refractivity (Wildman–Crippen MR) is 94.9 cm³/mol. The maximum absolute atomic E-state index is 11.7. The van der Waals surface area contributed by atoms with Gasteiger partial charge in [-0.1, -0.05) is 33.3 Å². The summed E-state index contributed by atoms with van der Waals surface area (Å²) in [6.45, 7) is 7.81. The second kappa shape index (κ2) is 10.7. The average Bonchev–Trinajstić information content (AvgIpc) is 2.53. The zero-order valence-electron chi connectivity index (χ0n) is 14.7. The van der Waals surface area contributed by atoms with Gasteiger partial charge in [-0.15, -0.1) is 0 Å². The molecule has 1 aromatic rings. The van der Waals surface area contributed by atoms with Gasteiger partial charge in [0, 0.05) is 12.6 Å². The van der Waals surface area contributed by atoms with Crippen molar-refractivity contribution in [1.82, 2.24) is 5.32 Å². The summed E-state index contributed by atoms with van der Waals surface area (Å²) in [5, 5.41) is 2.85. The van der Waals surface area contributed by atoms with Gasteiger partial charge in [0.1, 0.15) is 0 Å². The molecule has 0 radical (unpaired) electrons. The lowest BCUT2D eigenvalue weighted by molar-refractivity contribution is -0.116. The fraction of sp³-hybridized carbons (Fsp3) is 0.526. The third-order valence-electron chi connectivity index (χ3n) is 3.40. The Kier molecular flexibility index (Phi) is 8.88. The molecule has 1 rings (SSSR count). The van der Waals surface area contributed by atoms with Gasteiger partial charge in [0.15, 0.2) is 11.5 Å². The molecule has 1 N–H and O–H groups in total. The number of carbonyl (C=O) groups is 1. The van der Waals surface area contributed by atoms with E-state index in [1.807, 2.05) is 18.2 Å². The van der Waals surface area contributed by atoms with Gasteiger partial charge in [0.25, 0.3) is 0 Å². The Hall–Kier alpha value is -1.97. The van der Waals surface area contributed by atoms with Crippen molar-refractivity contribution in [2.75, 3.05) is 20.3 Å². The van der Waals surface area contributed by atoms with Gasteiger partial charge >= 0.3 is 0 Å². The Morgan fingerprint density at radius 3 is 2.74 bits per heavy atom. The molecule has 0 aromatic heterocycles. The third kappa shape index (κ3) is 7.73. The molecule has 4 heteroatoms. The summed E-state index contributed by atoms with van der Waals surface area (Å²) in [7, 11) is 1.62. The van der Waals surface area contributed by atoms with Crippen LogP contribution >= 0.6 is 0 Å². The number of methoxy groups -OCH3 is 1. The lowest BCUT2D eigenvalue weighted by atomic mass is 10.1. The van der Waals surface area contributed by atoms with Gasteiger partial charge in [0.2, 0.25) is 5.91 Å². The van der Waals surface area contributed by atoms with Crippen LogP contribution in [0.15, 0.2) is 24.3 Å². The number of ether oxygens (including phenoxy) is 2. The van der Waals surface area contributed by atoms with E-state index in [4.69, 9.17) is 9.47 Å². The molecular weight excluding hydrogens is 290 g/mol. The van der Waals surface area contributed by atoms with Crippen LogP contribution in [0.1, 0.15) is 45.6 Å². The molecule has 0 aliphatic rings. The van der Waals surface area contributed by atoms with Crippen molar-refractivity contribution in [2.24, 2.45) is 5.92 Å². The van der Waals surface area contributed by atoms with Crippen LogP contribution in [-0.4, -0.2) is 26.2 Å². The molecule has 0 unspecified atom stereocenters. The standard InChI is InChI=1S/C19H29NO3/c1-5-6-12-20-19(21)10-8-16-7-9-17(18(14-16)22-4)23-13-11-15(2)3/h7-10,14-15H,5-6,11-13H2,1-4H3,(H,20,21)/b10-8+. The van der Waals surface area contributed by atoms with Crippen LogP contribution in [0.3, 0.4) is 0 Å². The number of carbonyl (C=O) groups excluding carboxylic acids is 1. The molecule has 0 saturated carbocycles. The Morgan fingerprint density at radius 2 is 2.09 bits per heavy atom. The first kappa shape index (κ1) is 19.1. The number of hydrogen-bond donors (Lipinski definition) is 1. The van der Waals surface area contributed by atoms with Crippen molar-refractivity contribution in [3.63, 3.8) is 0 Å². The van der Waals surface area contributed by atoms with E-state index in [9.17, 15) is 4.79 Å². The van der Waals surface area contributed by atoms with Crippen LogP contribution in [0.5, 0.6) is 11.5 Å². The van der Waals surface area contributed by atoms with Crippen LogP contribution in [0.4, 0.5) is 0 Å². The number of hydrogen-bond acceptors (Lipinski definition) is 3. The van der Waals surface area contributed by atoms with Crippen molar-refractivity contribution in [1.29, 1.82) is 0 Å². The van der Waals surface area contributed by atoms with E-state index >= 15 is 0 Å². The minimum absolute atomic E-state index is 0.0744. The molecule has 0 atom stereocenters. The van der Waals surface area contributed by atoms with Crippen molar-refractivity contribution >= 4 is 12.0 Å². The van der Waals surface area contributed by atoms with Crippen molar-refractivity contribution in [3.05, 3.63) is 29.8 Å². The van der Waals surface area contributed by atoms with E-state index in [1.165, 1.54) is 0 Å². The second-order valence-electron chi connectivity index (χ2n) is 5.92. The summed E-state index contributed by atoms with van der Waals surface area (Å²) in [5.74, 6) is 1.95. The predicted octanol–water partition coefficient (Wildman–Crippen LogP) is 4.05. The Morgan fingerprint density at radius 1 is 1.30 bits per heavy atom. The Labute approximate surface area is 139 Å². The lowest BCUT2D eigenvalue weighted by Gasteiger charge is -2.12. The van der Waals surface area contributed by atoms with Crippen LogP contribution in [0, 0.1) is 5.92 Å². The van der Waals surface area contributed by atoms with Crippen molar-refractivity contribution in [2.45, 2.75) is 40.0 Å². The van der Waals surface area contributed by atoms with E-state index in [1.54, 1.807) is 19.3 Å². The van der Waals surface area contributed by atoms with Gasteiger partial charge in [-0.25, -0.2) is 0 Å². The smallest absolute Gasteiger partial charge is 0.243 e. The van der Waals surface area contributed by atoms with Crippen molar-refractivity contribution in [3.8, 4) is 11.5 Å². The molecule has 0 bridgehead atoms. The lowest BCUT2D eigenvalue weighted by Crippen LogP contribution is -2.21. The Bertz CT molecular complexity index is 509. The molecule has 0 fully saturated rings. The summed E-state index contributed by atoms with van der Waals surface area (Å²) in [6.07, 6.45) is 6.39. The minimum Gasteiger partial charge on any atom is -0.493 e. The molecule has 0 spiro atoms. The highest BCUT2D eigenvalue weighted by Crippen LogP contribution is 2.28. The van der Waals surface area contributed by atoms with Crippen LogP contribution < -0.4 is 14.8 Å². The Balaban J connectivity index is 2.62. The quantitative estimate of drug-likeness (QED) is 0.523. The van der Waals surface area contributed by atoms with Crippen LogP contribution in [0.2, 0.25) is 0 Å². The zero-order chi connectivity index (χ0) is 17.1. The van der Waals surface area contributed by atoms with E-state index in [0.717, 1.165) is 30.6 Å². The zero-order valence-corrected chi connectivity index (χ0v) is 14.7. The molecule has 0 aliphatic carbocycles. The first-order chi connectivity index (χ1) is 11.1. The maximum Gasteiger partial charge on any atom is 0.243 e. The number of benzene rings is 1. The molecule has 23 heavy (non-hydrogen) atoms. The third-order valence-corrected chi connectivity index (χ3v) is 3.40. The summed E-state index contributed by atoms with van der Waals surface area (Å²) >= 11 is 0. The highest BCUT2D eigenvalue weighted by atomic mass is 16.5. The first-order valence-corrected chi connectivity index (χ1v) is 8.33. The normalized spacial score (nSPS) is 11.0. The first-order valence-electron chi connectivity index (χ1n) is 8.33. The summed E-state index contributed by atoms with van der Waals surface area (Å²) in [4.78, 5) is 11.7. The average molecular weight is 319 g/mol. The van der Waals surface area contributed by atoms with Crippen molar-refractivity contribution < 1.29 is 14.3 Å². The van der Waals surface area contributed by atoms with E-state index < -0.39 is 0 Å². The monoisotopic (exact) mass is 319 g/mol. The molecule has 1 amide bonds. The molecule has 4 nitrogen and oxygen atoms in total. The highest BCUT2D eigenvalue weighted by molar-refractivity contribution is 5.91. The number of amides is 1. The molecular formula is C19H29NO3. The number of unbranched alkanes of at least 4 members (excludes halogenated alkanes) is 1. The number of nitrogens with one attached hydrogen (secondary N) is 1. The SMILES string of the molecule is CCCCNC(=O)/C=C/c1ccc(OCCC(C)C)c(OC)c1. The summed E-state index contributed by atoms with van der Waals surface area (Å²) < 4.78 is 11.1. The van der Waals surface area contributed by atoms with E-state index in [2.05, 4.69) is 26.1 Å². The molecule has 0 heterocycles. The van der Waals surface area contributed by atoms with Gasteiger partial charge in [-0.3, -0.25) is 4.79 Å². The maximum atomic E-state index is 11.7. The molecule has 1 aromatic carbocycles. The molecule has 0 aliphatic heterocycles. The topological polar surface area (TPSA) is 47.6 Å².